The lowest BCUT2D eigenvalue weighted by atomic mass is 10.0. The van der Waals surface area contributed by atoms with Crippen LogP contribution in [0.2, 0.25) is 0 Å². The minimum absolute atomic E-state index is 0.290. The first kappa shape index (κ1) is 12.2. The first-order chi connectivity index (χ1) is 8.50. The Morgan fingerprint density at radius 1 is 1.28 bits per heavy atom. The van der Waals surface area contributed by atoms with Gasteiger partial charge in [-0.05, 0) is 20.8 Å². The van der Waals surface area contributed by atoms with Gasteiger partial charge in [0, 0.05) is 12.4 Å². The van der Waals surface area contributed by atoms with E-state index >= 15 is 0 Å². The van der Waals surface area contributed by atoms with Gasteiger partial charge in [-0.1, -0.05) is 0 Å². The summed E-state index contributed by atoms with van der Waals surface area (Å²) in [5, 5.41) is 9.35. The summed E-state index contributed by atoms with van der Waals surface area (Å²) in [7, 11) is 0. The molecule has 0 aliphatic carbocycles. The molecule has 2 rings (SSSR count). The summed E-state index contributed by atoms with van der Waals surface area (Å²) < 4.78 is 0. The Morgan fingerprint density at radius 2 is 2.00 bits per heavy atom. The second kappa shape index (κ2) is 4.52. The zero-order chi connectivity index (χ0) is 13.2. The van der Waals surface area contributed by atoms with E-state index < -0.39 is 5.54 Å². The van der Waals surface area contributed by atoms with Crippen LogP contribution in [-0.4, -0.2) is 31.1 Å². The Kier molecular flexibility index (Phi) is 3.05. The maximum absolute atomic E-state index is 12.1. The molecule has 0 radical (unpaired) electrons. The number of hydrogen-bond donors (Lipinski definition) is 2. The average Bonchev–Trinajstić information content (AvgIpc) is 2.82. The van der Waals surface area contributed by atoms with Gasteiger partial charge in [0.2, 0.25) is 0 Å². The monoisotopic (exact) mass is 246 g/mol. The van der Waals surface area contributed by atoms with E-state index in [-0.39, 0.29) is 5.91 Å². The number of aryl methyl sites for hydroxylation is 1. The van der Waals surface area contributed by atoms with Gasteiger partial charge in [0.1, 0.15) is 17.8 Å². The highest BCUT2D eigenvalue weighted by Crippen LogP contribution is 2.15. The van der Waals surface area contributed by atoms with E-state index in [0.29, 0.717) is 17.2 Å². The summed E-state index contributed by atoms with van der Waals surface area (Å²) in [5.41, 5.74) is 0.242. The fraction of sp³-hybridized carbons (Fsp3) is 0.364. The van der Waals surface area contributed by atoms with Crippen molar-refractivity contribution in [2.75, 3.05) is 0 Å². The van der Waals surface area contributed by atoms with Gasteiger partial charge in [0.15, 0.2) is 0 Å². The second-order valence-electron chi connectivity index (χ2n) is 4.40. The molecule has 0 atom stereocenters. The largest absolute Gasteiger partial charge is 0.338 e. The number of nitrogens with zero attached hydrogens (tertiary/aromatic N) is 4. The van der Waals surface area contributed by atoms with E-state index in [1.165, 1.54) is 12.5 Å². The maximum atomic E-state index is 12.1. The van der Waals surface area contributed by atoms with Crippen molar-refractivity contribution in [3.63, 3.8) is 0 Å². The normalized spacial score (nSPS) is 11.3. The molecule has 18 heavy (non-hydrogen) atoms. The molecule has 2 aromatic heterocycles. The van der Waals surface area contributed by atoms with Crippen LogP contribution in [0.25, 0.3) is 0 Å². The highest BCUT2D eigenvalue weighted by molar-refractivity contribution is 5.93. The minimum Gasteiger partial charge on any atom is -0.338 e. The van der Waals surface area contributed by atoms with Crippen LogP contribution in [-0.2, 0) is 5.54 Å². The molecule has 2 heterocycles. The Labute approximate surface area is 104 Å². The quantitative estimate of drug-likeness (QED) is 0.825. The van der Waals surface area contributed by atoms with Gasteiger partial charge in [0.25, 0.3) is 5.91 Å². The third kappa shape index (κ3) is 2.34. The first-order valence-corrected chi connectivity index (χ1v) is 5.46. The molecular weight excluding hydrogens is 232 g/mol. The lowest BCUT2D eigenvalue weighted by Crippen LogP contribution is -2.42. The van der Waals surface area contributed by atoms with E-state index in [2.05, 4.69) is 30.5 Å². The third-order valence-corrected chi connectivity index (χ3v) is 2.53. The molecule has 94 valence electrons. The van der Waals surface area contributed by atoms with Crippen molar-refractivity contribution in [2.24, 2.45) is 0 Å². The van der Waals surface area contributed by atoms with E-state index in [1.54, 1.807) is 13.1 Å². The number of aromatic nitrogens is 5. The van der Waals surface area contributed by atoms with Crippen LogP contribution in [0.1, 0.15) is 35.9 Å². The molecule has 0 fully saturated rings. The van der Waals surface area contributed by atoms with Crippen LogP contribution in [0, 0.1) is 6.92 Å². The molecule has 1 amide bonds. The van der Waals surface area contributed by atoms with Crippen LogP contribution in [0.15, 0.2) is 18.7 Å². The number of hydrogen-bond acceptors (Lipinski definition) is 5. The summed E-state index contributed by atoms with van der Waals surface area (Å²) in [4.78, 5) is 24.2. The maximum Gasteiger partial charge on any atom is 0.272 e. The van der Waals surface area contributed by atoms with Gasteiger partial charge in [-0.15, -0.1) is 0 Å². The smallest absolute Gasteiger partial charge is 0.272 e. The topological polar surface area (TPSA) is 96.5 Å². The molecule has 7 heteroatoms. The highest BCUT2D eigenvalue weighted by atomic mass is 16.2. The standard InChI is InChI=1S/C11H14N6O/c1-7-8(13-5-4-12-7)9(18)16-11(2,3)10-14-6-15-17-10/h4-6H,1-3H3,(H,16,18)(H,14,15,17). The van der Waals surface area contributed by atoms with Gasteiger partial charge >= 0.3 is 0 Å². The van der Waals surface area contributed by atoms with E-state index in [0.717, 1.165) is 0 Å². The van der Waals surface area contributed by atoms with Gasteiger partial charge in [-0.2, -0.15) is 5.10 Å². The van der Waals surface area contributed by atoms with Gasteiger partial charge in [0.05, 0.1) is 11.2 Å². The van der Waals surface area contributed by atoms with Crippen LogP contribution >= 0.6 is 0 Å². The lowest BCUT2D eigenvalue weighted by molar-refractivity contribution is 0.0902. The summed E-state index contributed by atoms with van der Waals surface area (Å²) >= 11 is 0. The molecule has 0 saturated carbocycles. The Hall–Kier alpha value is -2.31. The van der Waals surface area contributed by atoms with Crippen molar-refractivity contribution in [3.8, 4) is 0 Å². The van der Waals surface area contributed by atoms with Crippen molar-refractivity contribution in [2.45, 2.75) is 26.3 Å². The Morgan fingerprint density at radius 3 is 2.61 bits per heavy atom. The molecular formula is C11H14N6O. The molecule has 0 unspecified atom stereocenters. The molecule has 0 aliphatic rings. The van der Waals surface area contributed by atoms with Crippen molar-refractivity contribution in [1.82, 2.24) is 30.5 Å². The highest BCUT2D eigenvalue weighted by Gasteiger charge is 2.27. The van der Waals surface area contributed by atoms with Crippen LogP contribution in [0.5, 0.6) is 0 Å². The van der Waals surface area contributed by atoms with Crippen LogP contribution in [0.4, 0.5) is 0 Å². The number of nitrogens with one attached hydrogen (secondary N) is 2. The third-order valence-electron chi connectivity index (χ3n) is 2.53. The Bertz CT molecular complexity index is 548. The zero-order valence-corrected chi connectivity index (χ0v) is 10.4. The molecule has 2 aromatic rings. The molecule has 0 bridgehead atoms. The number of carbonyl (C=O) groups excluding carboxylic acids is 1. The molecule has 2 N–H and O–H groups in total. The molecule has 0 aromatic carbocycles. The van der Waals surface area contributed by atoms with Crippen molar-refractivity contribution >= 4 is 5.91 Å². The molecule has 7 nitrogen and oxygen atoms in total. The number of H-pyrrole nitrogens is 1. The molecule has 0 spiro atoms. The van der Waals surface area contributed by atoms with Gasteiger partial charge < -0.3 is 5.32 Å². The minimum atomic E-state index is -0.655. The fourth-order valence-corrected chi connectivity index (χ4v) is 1.54. The molecule has 0 aliphatic heterocycles. The number of aromatic amines is 1. The SMILES string of the molecule is Cc1nccnc1C(=O)NC(C)(C)c1ncn[nH]1. The predicted octanol–water partition coefficient (Wildman–Crippen LogP) is 0.568. The van der Waals surface area contributed by atoms with E-state index in [1.807, 2.05) is 13.8 Å². The lowest BCUT2D eigenvalue weighted by Gasteiger charge is -2.23. The van der Waals surface area contributed by atoms with Crippen molar-refractivity contribution < 1.29 is 4.79 Å². The molecule has 0 saturated heterocycles. The first-order valence-electron chi connectivity index (χ1n) is 5.46. The zero-order valence-electron chi connectivity index (χ0n) is 10.4. The predicted molar refractivity (Wildman–Crippen MR) is 63.6 cm³/mol. The fourth-order valence-electron chi connectivity index (χ4n) is 1.54. The van der Waals surface area contributed by atoms with Gasteiger partial charge in [-0.25, -0.2) is 9.97 Å². The second-order valence-corrected chi connectivity index (χ2v) is 4.40. The summed E-state index contributed by atoms with van der Waals surface area (Å²) in [6, 6.07) is 0. The number of carbonyl (C=O) groups is 1. The van der Waals surface area contributed by atoms with E-state index in [4.69, 9.17) is 0 Å². The van der Waals surface area contributed by atoms with Crippen molar-refractivity contribution in [3.05, 3.63) is 35.9 Å². The van der Waals surface area contributed by atoms with Crippen LogP contribution < -0.4 is 5.32 Å². The number of rotatable bonds is 3. The summed E-state index contributed by atoms with van der Waals surface area (Å²) in [6.07, 6.45) is 4.44. The summed E-state index contributed by atoms with van der Waals surface area (Å²) in [6.45, 7) is 5.40. The number of amides is 1. The summed E-state index contributed by atoms with van der Waals surface area (Å²) in [5.74, 6) is 0.291. The van der Waals surface area contributed by atoms with Crippen molar-refractivity contribution in [1.29, 1.82) is 0 Å². The average molecular weight is 246 g/mol. The Balaban J connectivity index is 2.20. The van der Waals surface area contributed by atoms with Gasteiger partial charge in [-0.3, -0.25) is 14.9 Å². The van der Waals surface area contributed by atoms with E-state index in [9.17, 15) is 4.79 Å². The van der Waals surface area contributed by atoms with Crippen LogP contribution in [0.3, 0.4) is 0 Å².